The lowest BCUT2D eigenvalue weighted by molar-refractivity contribution is 0.0746. The molecule has 2 fully saturated rings. The fourth-order valence-corrected chi connectivity index (χ4v) is 5.01. The molecule has 0 aromatic carbocycles. The van der Waals surface area contributed by atoms with Crippen LogP contribution in [0.1, 0.15) is 51.4 Å². The molecule has 0 spiro atoms. The standard InChI is InChI=1S/C20H26N2O3S/c1-15-5-6-16(25-15)14-22-9-2-4-17(22)18-7-8-19(26-18)20(23)21-10-3-12-24-13-11-21/h5-8,17H,2-4,9-14H2,1H3/t17-/m1/s1. The van der Waals surface area contributed by atoms with Gasteiger partial charge in [-0.3, -0.25) is 9.69 Å². The third kappa shape index (κ3) is 3.87. The number of likely N-dealkylation sites (tertiary alicyclic amines) is 1. The second kappa shape index (κ2) is 7.94. The summed E-state index contributed by atoms with van der Waals surface area (Å²) in [6, 6.07) is 8.62. The maximum absolute atomic E-state index is 12.8. The minimum Gasteiger partial charge on any atom is -0.465 e. The fourth-order valence-electron chi connectivity index (χ4n) is 3.86. The molecule has 2 aromatic rings. The zero-order valence-corrected chi connectivity index (χ0v) is 16.1. The Hall–Kier alpha value is -1.63. The highest BCUT2D eigenvalue weighted by Gasteiger charge is 2.29. The van der Waals surface area contributed by atoms with Crippen molar-refractivity contribution in [3.05, 3.63) is 45.5 Å². The van der Waals surface area contributed by atoms with Gasteiger partial charge in [-0.25, -0.2) is 0 Å². The van der Waals surface area contributed by atoms with Gasteiger partial charge in [0.1, 0.15) is 11.5 Å². The largest absolute Gasteiger partial charge is 0.465 e. The molecule has 1 atom stereocenters. The van der Waals surface area contributed by atoms with Crippen molar-refractivity contribution in [3.8, 4) is 0 Å². The Morgan fingerprint density at radius 3 is 2.92 bits per heavy atom. The summed E-state index contributed by atoms with van der Waals surface area (Å²) in [5.41, 5.74) is 0. The van der Waals surface area contributed by atoms with Gasteiger partial charge in [0.25, 0.3) is 5.91 Å². The summed E-state index contributed by atoms with van der Waals surface area (Å²) in [5, 5.41) is 0. The maximum atomic E-state index is 12.8. The van der Waals surface area contributed by atoms with Crippen LogP contribution in [0, 0.1) is 6.92 Å². The quantitative estimate of drug-likeness (QED) is 0.815. The minimum absolute atomic E-state index is 0.151. The van der Waals surface area contributed by atoms with Crippen molar-refractivity contribution in [1.82, 2.24) is 9.80 Å². The van der Waals surface area contributed by atoms with E-state index < -0.39 is 0 Å². The Kier molecular flexibility index (Phi) is 5.43. The average Bonchev–Trinajstić information content (AvgIpc) is 3.33. The number of hydrogen-bond donors (Lipinski definition) is 0. The van der Waals surface area contributed by atoms with Crippen LogP contribution in [0.3, 0.4) is 0 Å². The lowest BCUT2D eigenvalue weighted by Gasteiger charge is -2.22. The van der Waals surface area contributed by atoms with E-state index in [-0.39, 0.29) is 5.91 Å². The van der Waals surface area contributed by atoms with Gasteiger partial charge in [-0.1, -0.05) is 0 Å². The maximum Gasteiger partial charge on any atom is 0.264 e. The highest BCUT2D eigenvalue weighted by Crippen LogP contribution is 2.37. The third-order valence-electron chi connectivity index (χ3n) is 5.19. The molecule has 2 aromatic heterocycles. The first-order valence-electron chi connectivity index (χ1n) is 9.47. The molecule has 0 unspecified atom stereocenters. The second-order valence-corrected chi connectivity index (χ2v) is 8.22. The molecule has 0 saturated carbocycles. The summed E-state index contributed by atoms with van der Waals surface area (Å²) >= 11 is 1.65. The molecule has 0 radical (unpaired) electrons. The van der Waals surface area contributed by atoms with Crippen LogP contribution in [-0.2, 0) is 11.3 Å². The normalized spacial score (nSPS) is 21.9. The van der Waals surface area contributed by atoms with Crippen molar-refractivity contribution < 1.29 is 13.9 Å². The zero-order valence-electron chi connectivity index (χ0n) is 15.3. The van der Waals surface area contributed by atoms with E-state index in [4.69, 9.17) is 9.15 Å². The van der Waals surface area contributed by atoms with Crippen LogP contribution in [0.2, 0.25) is 0 Å². The molecular formula is C20H26N2O3S. The van der Waals surface area contributed by atoms with Crippen molar-refractivity contribution in [2.75, 3.05) is 32.8 Å². The highest BCUT2D eigenvalue weighted by molar-refractivity contribution is 7.14. The molecule has 2 aliphatic rings. The predicted octanol–water partition coefficient (Wildman–Crippen LogP) is 3.85. The molecule has 2 aliphatic heterocycles. The SMILES string of the molecule is Cc1ccc(CN2CCC[C@@H]2c2ccc(C(=O)N3CCCOCC3)s2)o1. The van der Waals surface area contributed by atoms with Crippen molar-refractivity contribution in [2.45, 2.75) is 38.8 Å². The Labute approximate surface area is 158 Å². The van der Waals surface area contributed by atoms with Crippen LogP contribution in [0.4, 0.5) is 0 Å². The molecule has 26 heavy (non-hydrogen) atoms. The molecule has 0 N–H and O–H groups in total. The topological polar surface area (TPSA) is 45.9 Å². The van der Waals surface area contributed by atoms with Crippen LogP contribution in [0.5, 0.6) is 0 Å². The van der Waals surface area contributed by atoms with Gasteiger partial charge in [-0.2, -0.15) is 0 Å². The van der Waals surface area contributed by atoms with Gasteiger partial charge in [-0.05, 0) is 57.0 Å². The first-order chi connectivity index (χ1) is 12.7. The first-order valence-corrected chi connectivity index (χ1v) is 10.3. The van der Waals surface area contributed by atoms with E-state index in [1.807, 2.05) is 24.0 Å². The molecule has 5 nitrogen and oxygen atoms in total. The molecule has 0 bridgehead atoms. The molecule has 6 heteroatoms. The number of ether oxygens (including phenoxy) is 1. The number of furan rings is 1. The van der Waals surface area contributed by atoms with Crippen molar-refractivity contribution >= 4 is 17.2 Å². The van der Waals surface area contributed by atoms with Crippen LogP contribution in [0.15, 0.2) is 28.7 Å². The Morgan fingerprint density at radius 2 is 2.08 bits per heavy atom. The second-order valence-electron chi connectivity index (χ2n) is 7.10. The Balaban J connectivity index is 1.45. The zero-order chi connectivity index (χ0) is 17.9. The van der Waals surface area contributed by atoms with E-state index in [0.717, 1.165) is 55.5 Å². The molecule has 4 heterocycles. The van der Waals surface area contributed by atoms with Gasteiger partial charge in [0.05, 0.1) is 18.0 Å². The lowest BCUT2D eigenvalue weighted by atomic mass is 10.2. The van der Waals surface area contributed by atoms with E-state index in [1.165, 1.54) is 11.3 Å². The number of carbonyl (C=O) groups excluding carboxylic acids is 1. The number of carbonyl (C=O) groups is 1. The van der Waals surface area contributed by atoms with Crippen LogP contribution in [0.25, 0.3) is 0 Å². The summed E-state index contributed by atoms with van der Waals surface area (Å²) in [6.07, 6.45) is 3.25. The number of amides is 1. The summed E-state index contributed by atoms with van der Waals surface area (Å²) < 4.78 is 11.2. The summed E-state index contributed by atoms with van der Waals surface area (Å²) in [4.78, 5) is 19.4. The van der Waals surface area contributed by atoms with Gasteiger partial charge in [0.2, 0.25) is 0 Å². The van der Waals surface area contributed by atoms with Gasteiger partial charge in [-0.15, -0.1) is 11.3 Å². The molecule has 140 valence electrons. The fraction of sp³-hybridized carbons (Fsp3) is 0.550. The number of rotatable bonds is 4. The van der Waals surface area contributed by atoms with Gasteiger partial charge in [0.15, 0.2) is 0 Å². The smallest absolute Gasteiger partial charge is 0.264 e. The van der Waals surface area contributed by atoms with E-state index >= 15 is 0 Å². The van der Waals surface area contributed by atoms with E-state index in [0.29, 0.717) is 19.2 Å². The number of aryl methyl sites for hydroxylation is 1. The molecule has 1 amide bonds. The number of thiophene rings is 1. The van der Waals surface area contributed by atoms with E-state index in [2.05, 4.69) is 17.0 Å². The third-order valence-corrected chi connectivity index (χ3v) is 6.37. The predicted molar refractivity (Wildman–Crippen MR) is 101 cm³/mol. The number of nitrogens with zero attached hydrogens (tertiary/aromatic N) is 2. The Bertz CT molecular complexity index is 746. The van der Waals surface area contributed by atoms with Crippen LogP contribution < -0.4 is 0 Å². The Morgan fingerprint density at radius 1 is 1.15 bits per heavy atom. The lowest BCUT2D eigenvalue weighted by Crippen LogP contribution is -2.32. The van der Waals surface area contributed by atoms with Crippen molar-refractivity contribution in [1.29, 1.82) is 0 Å². The summed E-state index contributed by atoms with van der Waals surface area (Å²) in [5.74, 6) is 2.13. The minimum atomic E-state index is 0.151. The van der Waals surface area contributed by atoms with E-state index in [9.17, 15) is 4.79 Å². The molecular weight excluding hydrogens is 348 g/mol. The van der Waals surface area contributed by atoms with Gasteiger partial charge in [0, 0.05) is 30.6 Å². The van der Waals surface area contributed by atoms with Gasteiger partial charge < -0.3 is 14.1 Å². The first kappa shape index (κ1) is 17.8. The average molecular weight is 375 g/mol. The number of hydrogen-bond acceptors (Lipinski definition) is 5. The van der Waals surface area contributed by atoms with E-state index in [1.54, 1.807) is 11.3 Å². The van der Waals surface area contributed by atoms with Crippen molar-refractivity contribution in [2.24, 2.45) is 0 Å². The van der Waals surface area contributed by atoms with Crippen LogP contribution >= 0.6 is 11.3 Å². The monoisotopic (exact) mass is 374 g/mol. The summed E-state index contributed by atoms with van der Waals surface area (Å²) in [7, 11) is 0. The molecule has 4 rings (SSSR count). The molecule has 2 saturated heterocycles. The van der Waals surface area contributed by atoms with Crippen LogP contribution in [-0.4, -0.2) is 48.6 Å². The summed E-state index contributed by atoms with van der Waals surface area (Å²) in [6.45, 7) is 6.78. The molecule has 0 aliphatic carbocycles. The highest BCUT2D eigenvalue weighted by atomic mass is 32.1. The van der Waals surface area contributed by atoms with Gasteiger partial charge >= 0.3 is 0 Å². The van der Waals surface area contributed by atoms with Crippen molar-refractivity contribution in [3.63, 3.8) is 0 Å².